The molecular formula is C12H14O4S2. The van der Waals surface area contributed by atoms with Crippen molar-refractivity contribution in [1.29, 1.82) is 0 Å². The van der Waals surface area contributed by atoms with E-state index in [-0.39, 0.29) is 22.8 Å². The zero-order valence-corrected chi connectivity index (χ0v) is 11.6. The first-order chi connectivity index (χ1) is 8.30. The first-order valence-corrected chi connectivity index (χ1v) is 8.91. The predicted octanol–water partition coefficient (Wildman–Crippen LogP) is 1.53. The van der Waals surface area contributed by atoms with Crippen molar-refractivity contribution >= 4 is 24.6 Å². The monoisotopic (exact) mass is 286 g/mol. The molecule has 98 valence electrons. The van der Waals surface area contributed by atoms with Crippen LogP contribution in [-0.4, -0.2) is 28.3 Å². The average Bonchev–Trinajstić information content (AvgIpc) is 2.36. The quantitative estimate of drug-likeness (QED) is 0.785. The van der Waals surface area contributed by atoms with Crippen molar-refractivity contribution in [3.8, 4) is 0 Å². The minimum absolute atomic E-state index is 0.0833. The summed E-state index contributed by atoms with van der Waals surface area (Å²) in [6.07, 6.45) is 0.149. The van der Waals surface area contributed by atoms with E-state index in [2.05, 4.69) is 0 Å². The van der Waals surface area contributed by atoms with E-state index in [0.29, 0.717) is 5.56 Å². The van der Waals surface area contributed by atoms with E-state index < -0.39 is 19.7 Å². The Morgan fingerprint density at radius 1 is 0.944 bits per heavy atom. The summed E-state index contributed by atoms with van der Waals surface area (Å²) in [6.45, 7) is 1.89. The fourth-order valence-electron chi connectivity index (χ4n) is 1.82. The van der Waals surface area contributed by atoms with E-state index in [1.54, 1.807) is 24.3 Å². The molecule has 1 aliphatic heterocycles. The lowest BCUT2D eigenvalue weighted by Crippen LogP contribution is -2.07. The van der Waals surface area contributed by atoms with Gasteiger partial charge in [-0.2, -0.15) is 0 Å². The Morgan fingerprint density at radius 2 is 1.56 bits per heavy atom. The van der Waals surface area contributed by atoms with Gasteiger partial charge in [-0.15, -0.1) is 0 Å². The molecule has 0 aromatic heterocycles. The lowest BCUT2D eigenvalue weighted by molar-refractivity contribution is 0.602. The van der Waals surface area contributed by atoms with Crippen LogP contribution in [0.5, 0.6) is 0 Å². The molecule has 2 rings (SSSR count). The Kier molecular flexibility index (Phi) is 3.33. The predicted molar refractivity (Wildman–Crippen MR) is 71.3 cm³/mol. The lowest BCUT2D eigenvalue weighted by atomic mass is 10.1. The SMILES string of the molecule is Cc1ccc(C2=CS(=O)(=O)CCCS2(=O)=O)cc1. The fourth-order valence-corrected chi connectivity index (χ4v) is 5.40. The molecule has 0 amide bonds. The number of hydrogen-bond donors (Lipinski definition) is 0. The molecule has 0 atom stereocenters. The summed E-state index contributed by atoms with van der Waals surface area (Å²) >= 11 is 0. The first kappa shape index (κ1) is 13.3. The van der Waals surface area contributed by atoms with Gasteiger partial charge in [0, 0.05) is 5.41 Å². The third-order valence-electron chi connectivity index (χ3n) is 2.80. The molecule has 4 nitrogen and oxygen atoms in total. The third-order valence-corrected chi connectivity index (χ3v) is 6.25. The minimum Gasteiger partial charge on any atom is -0.224 e. The van der Waals surface area contributed by atoms with Crippen molar-refractivity contribution in [2.75, 3.05) is 11.5 Å². The Labute approximate surface area is 107 Å². The highest BCUT2D eigenvalue weighted by Crippen LogP contribution is 2.26. The molecule has 0 aliphatic carbocycles. The van der Waals surface area contributed by atoms with Crippen LogP contribution in [0.15, 0.2) is 29.7 Å². The van der Waals surface area contributed by atoms with Crippen LogP contribution in [0.2, 0.25) is 0 Å². The molecule has 1 aromatic carbocycles. The van der Waals surface area contributed by atoms with Gasteiger partial charge in [-0.1, -0.05) is 29.8 Å². The number of hydrogen-bond acceptors (Lipinski definition) is 4. The van der Waals surface area contributed by atoms with Gasteiger partial charge in [-0.3, -0.25) is 0 Å². The molecular weight excluding hydrogens is 272 g/mol. The molecule has 0 N–H and O–H groups in total. The zero-order chi connectivity index (χ0) is 13.4. The highest BCUT2D eigenvalue weighted by Gasteiger charge is 2.26. The summed E-state index contributed by atoms with van der Waals surface area (Å²) in [5.74, 6) is -0.229. The van der Waals surface area contributed by atoms with Crippen molar-refractivity contribution < 1.29 is 16.8 Å². The fraction of sp³-hybridized carbons (Fsp3) is 0.333. The first-order valence-electron chi connectivity index (χ1n) is 5.54. The summed E-state index contributed by atoms with van der Waals surface area (Å²) < 4.78 is 47.4. The van der Waals surface area contributed by atoms with E-state index in [1.807, 2.05) is 6.92 Å². The minimum atomic E-state index is -3.52. The maximum absolute atomic E-state index is 12.0. The second kappa shape index (κ2) is 4.51. The van der Waals surface area contributed by atoms with E-state index in [4.69, 9.17) is 0 Å². The highest BCUT2D eigenvalue weighted by atomic mass is 32.2. The van der Waals surface area contributed by atoms with Crippen LogP contribution in [0.1, 0.15) is 17.5 Å². The molecule has 1 heterocycles. The zero-order valence-electron chi connectivity index (χ0n) is 9.96. The van der Waals surface area contributed by atoms with Crippen LogP contribution in [0.25, 0.3) is 4.91 Å². The van der Waals surface area contributed by atoms with Crippen LogP contribution < -0.4 is 0 Å². The molecule has 0 unspecified atom stereocenters. The van der Waals surface area contributed by atoms with Gasteiger partial charge < -0.3 is 0 Å². The molecule has 1 aliphatic rings. The molecule has 0 saturated carbocycles. The van der Waals surface area contributed by atoms with Gasteiger partial charge in [0.05, 0.1) is 16.4 Å². The summed E-state index contributed by atoms with van der Waals surface area (Å²) in [4.78, 5) is -0.0833. The van der Waals surface area contributed by atoms with Crippen molar-refractivity contribution in [1.82, 2.24) is 0 Å². The van der Waals surface area contributed by atoms with Crippen LogP contribution in [0.3, 0.4) is 0 Å². The highest BCUT2D eigenvalue weighted by molar-refractivity contribution is 8.03. The molecule has 18 heavy (non-hydrogen) atoms. The van der Waals surface area contributed by atoms with Crippen LogP contribution >= 0.6 is 0 Å². The van der Waals surface area contributed by atoms with Gasteiger partial charge in [0.25, 0.3) is 0 Å². The van der Waals surface area contributed by atoms with E-state index in [0.717, 1.165) is 11.0 Å². The molecule has 0 saturated heterocycles. The molecule has 1 aromatic rings. The lowest BCUT2D eigenvalue weighted by Gasteiger charge is -2.06. The second-order valence-corrected chi connectivity index (χ2v) is 8.43. The van der Waals surface area contributed by atoms with E-state index in [9.17, 15) is 16.8 Å². The van der Waals surface area contributed by atoms with E-state index >= 15 is 0 Å². The summed E-state index contributed by atoms with van der Waals surface area (Å²) in [5, 5.41) is 0.903. The number of aryl methyl sites for hydroxylation is 1. The van der Waals surface area contributed by atoms with Gasteiger partial charge in [0.15, 0.2) is 19.7 Å². The maximum atomic E-state index is 12.0. The van der Waals surface area contributed by atoms with Crippen molar-refractivity contribution in [3.63, 3.8) is 0 Å². The Morgan fingerprint density at radius 3 is 2.17 bits per heavy atom. The van der Waals surface area contributed by atoms with Crippen molar-refractivity contribution in [2.45, 2.75) is 13.3 Å². The van der Waals surface area contributed by atoms with E-state index in [1.165, 1.54) is 0 Å². The molecule has 0 bridgehead atoms. The molecule has 0 radical (unpaired) electrons. The summed E-state index contributed by atoms with van der Waals surface area (Å²) in [5.41, 5.74) is 1.43. The van der Waals surface area contributed by atoms with Gasteiger partial charge in [0.2, 0.25) is 0 Å². The average molecular weight is 286 g/mol. The maximum Gasteiger partial charge on any atom is 0.179 e. The number of sulfone groups is 2. The van der Waals surface area contributed by atoms with Crippen LogP contribution in [0.4, 0.5) is 0 Å². The number of benzene rings is 1. The Hall–Kier alpha value is -1.14. The molecule has 0 spiro atoms. The normalized spacial score (nSPS) is 21.9. The van der Waals surface area contributed by atoms with Gasteiger partial charge >= 0.3 is 0 Å². The van der Waals surface area contributed by atoms with Crippen molar-refractivity contribution in [3.05, 3.63) is 40.8 Å². The largest absolute Gasteiger partial charge is 0.224 e. The standard InChI is InChI=1S/C12H14O4S2/c1-10-3-5-11(6-4-10)12-9-17(13,14)7-2-8-18(12,15)16/h3-6,9H,2,7-8H2,1H3. The van der Waals surface area contributed by atoms with Gasteiger partial charge in [-0.25, -0.2) is 16.8 Å². The topological polar surface area (TPSA) is 68.3 Å². The molecule has 0 fully saturated rings. The van der Waals surface area contributed by atoms with Crippen molar-refractivity contribution in [2.24, 2.45) is 0 Å². The van der Waals surface area contributed by atoms with Crippen LogP contribution in [0, 0.1) is 6.92 Å². The summed E-state index contributed by atoms with van der Waals surface area (Å²) in [6, 6.07) is 6.81. The second-order valence-electron chi connectivity index (χ2n) is 4.39. The summed E-state index contributed by atoms with van der Waals surface area (Å²) in [7, 11) is -6.95. The Balaban J connectivity index is 2.63. The Bertz CT molecular complexity index is 680. The van der Waals surface area contributed by atoms with Gasteiger partial charge in [0.1, 0.15) is 0 Å². The number of rotatable bonds is 1. The van der Waals surface area contributed by atoms with Gasteiger partial charge in [-0.05, 0) is 18.9 Å². The van der Waals surface area contributed by atoms with Crippen LogP contribution in [-0.2, 0) is 19.7 Å². The molecule has 6 heteroatoms. The smallest absolute Gasteiger partial charge is 0.179 e. The third kappa shape index (κ3) is 2.81.